The van der Waals surface area contributed by atoms with Crippen molar-refractivity contribution in [1.82, 2.24) is 0 Å². The van der Waals surface area contributed by atoms with E-state index in [-0.39, 0.29) is 5.91 Å². The minimum atomic E-state index is -0.511. The molecular formula is C21H18ClNO4S. The number of carbonyl (C=O) groups is 2. The van der Waals surface area contributed by atoms with Crippen molar-refractivity contribution in [2.45, 2.75) is 6.92 Å². The summed E-state index contributed by atoms with van der Waals surface area (Å²) < 4.78 is 10.3. The second-order valence-corrected chi connectivity index (χ2v) is 7.26. The fourth-order valence-electron chi connectivity index (χ4n) is 2.58. The van der Waals surface area contributed by atoms with Crippen molar-refractivity contribution in [3.63, 3.8) is 0 Å². The van der Waals surface area contributed by atoms with Crippen LogP contribution in [-0.4, -0.2) is 25.6 Å². The van der Waals surface area contributed by atoms with Crippen molar-refractivity contribution in [3.8, 4) is 16.2 Å². The van der Waals surface area contributed by atoms with E-state index in [4.69, 9.17) is 21.1 Å². The van der Waals surface area contributed by atoms with Crippen LogP contribution in [0.25, 0.3) is 10.4 Å². The van der Waals surface area contributed by atoms with E-state index in [0.29, 0.717) is 27.8 Å². The van der Waals surface area contributed by atoms with E-state index >= 15 is 0 Å². The van der Waals surface area contributed by atoms with Gasteiger partial charge in [-0.25, -0.2) is 4.79 Å². The Morgan fingerprint density at radius 2 is 1.86 bits per heavy atom. The zero-order valence-corrected chi connectivity index (χ0v) is 16.9. The van der Waals surface area contributed by atoms with Crippen LogP contribution in [-0.2, 0) is 4.74 Å². The van der Waals surface area contributed by atoms with Crippen LogP contribution in [0.4, 0.5) is 5.69 Å². The molecule has 0 atom stereocenters. The largest absolute Gasteiger partial charge is 0.494 e. The molecule has 0 aliphatic carbocycles. The Bertz CT molecular complexity index is 998. The lowest BCUT2D eigenvalue weighted by atomic mass is 10.1. The predicted octanol–water partition coefficient (Wildman–Crippen LogP) is 5.51. The maximum Gasteiger partial charge on any atom is 0.350 e. The number of anilines is 1. The van der Waals surface area contributed by atoms with Gasteiger partial charge in [-0.1, -0.05) is 17.7 Å². The molecule has 1 aromatic heterocycles. The average Bonchev–Trinajstić information content (AvgIpc) is 3.12. The molecule has 7 heteroatoms. The van der Waals surface area contributed by atoms with E-state index in [1.807, 2.05) is 31.2 Å². The molecule has 0 radical (unpaired) electrons. The first-order valence-corrected chi connectivity index (χ1v) is 9.73. The molecule has 0 aliphatic heterocycles. The summed E-state index contributed by atoms with van der Waals surface area (Å²) in [6.45, 7) is 2.51. The molecule has 144 valence electrons. The van der Waals surface area contributed by atoms with Crippen LogP contribution < -0.4 is 10.1 Å². The van der Waals surface area contributed by atoms with E-state index in [1.54, 1.807) is 30.3 Å². The summed E-state index contributed by atoms with van der Waals surface area (Å²) in [4.78, 5) is 25.9. The van der Waals surface area contributed by atoms with E-state index in [1.165, 1.54) is 18.4 Å². The molecule has 0 saturated carbocycles. The molecule has 2 aromatic carbocycles. The van der Waals surface area contributed by atoms with Crippen molar-refractivity contribution < 1.29 is 19.1 Å². The van der Waals surface area contributed by atoms with Gasteiger partial charge in [0, 0.05) is 15.5 Å². The van der Waals surface area contributed by atoms with E-state index in [9.17, 15) is 9.59 Å². The van der Waals surface area contributed by atoms with Crippen LogP contribution in [0.5, 0.6) is 5.75 Å². The van der Waals surface area contributed by atoms with E-state index in [0.717, 1.165) is 16.2 Å². The molecule has 1 N–H and O–H groups in total. The standard InChI is InChI=1S/C21H18ClNO4S/c1-3-27-16-9-7-13(8-10-16)18-12-17(19(28-18)21(25)26-2)23-20(24)14-5-4-6-15(22)11-14/h4-12H,3H2,1-2H3,(H,23,24). The monoisotopic (exact) mass is 415 g/mol. The first-order valence-electron chi connectivity index (χ1n) is 8.54. The molecule has 0 aliphatic rings. The molecule has 1 heterocycles. The summed E-state index contributed by atoms with van der Waals surface area (Å²) in [5.41, 5.74) is 1.70. The topological polar surface area (TPSA) is 64.6 Å². The third-order valence-electron chi connectivity index (χ3n) is 3.89. The Kier molecular flexibility index (Phi) is 6.34. The highest BCUT2D eigenvalue weighted by Gasteiger charge is 2.20. The number of esters is 1. The molecule has 0 bridgehead atoms. The van der Waals surface area contributed by atoms with Gasteiger partial charge in [0.25, 0.3) is 5.91 Å². The highest BCUT2D eigenvalue weighted by molar-refractivity contribution is 7.18. The summed E-state index contributed by atoms with van der Waals surface area (Å²) in [5.74, 6) is -0.0993. The Morgan fingerprint density at radius 1 is 1.11 bits per heavy atom. The fourth-order valence-corrected chi connectivity index (χ4v) is 3.80. The quantitative estimate of drug-likeness (QED) is 0.539. The lowest BCUT2D eigenvalue weighted by Gasteiger charge is -2.05. The van der Waals surface area contributed by atoms with Crippen molar-refractivity contribution in [2.75, 3.05) is 19.0 Å². The Morgan fingerprint density at radius 3 is 2.50 bits per heavy atom. The maximum atomic E-state index is 12.6. The van der Waals surface area contributed by atoms with E-state index in [2.05, 4.69) is 5.32 Å². The second-order valence-electron chi connectivity index (χ2n) is 5.77. The molecule has 28 heavy (non-hydrogen) atoms. The lowest BCUT2D eigenvalue weighted by Crippen LogP contribution is -2.13. The smallest absolute Gasteiger partial charge is 0.350 e. The van der Waals surface area contributed by atoms with Crippen LogP contribution >= 0.6 is 22.9 Å². The number of hydrogen-bond donors (Lipinski definition) is 1. The molecule has 0 unspecified atom stereocenters. The van der Waals surface area contributed by atoms with Crippen LogP contribution in [0.2, 0.25) is 5.02 Å². The first kappa shape index (κ1) is 19.9. The van der Waals surface area contributed by atoms with Gasteiger partial charge in [0.1, 0.15) is 10.6 Å². The highest BCUT2D eigenvalue weighted by atomic mass is 35.5. The normalized spacial score (nSPS) is 10.4. The van der Waals surface area contributed by atoms with Crippen molar-refractivity contribution in [1.29, 1.82) is 0 Å². The van der Waals surface area contributed by atoms with Crippen LogP contribution in [0.15, 0.2) is 54.6 Å². The molecule has 5 nitrogen and oxygen atoms in total. The average molecular weight is 416 g/mol. The van der Waals surface area contributed by atoms with Gasteiger partial charge < -0.3 is 14.8 Å². The van der Waals surface area contributed by atoms with Gasteiger partial charge in [0.05, 0.1) is 19.4 Å². The van der Waals surface area contributed by atoms with Gasteiger partial charge in [0.2, 0.25) is 0 Å². The van der Waals surface area contributed by atoms with Gasteiger partial charge in [-0.05, 0) is 61.0 Å². The number of amides is 1. The summed E-state index contributed by atoms with van der Waals surface area (Å²) in [7, 11) is 1.31. The third kappa shape index (κ3) is 4.52. The first-order chi connectivity index (χ1) is 13.5. The number of methoxy groups -OCH3 is 1. The Labute approximate surface area is 171 Å². The number of rotatable bonds is 6. The molecule has 0 spiro atoms. The number of hydrogen-bond acceptors (Lipinski definition) is 5. The van der Waals surface area contributed by atoms with Gasteiger partial charge in [-0.2, -0.15) is 0 Å². The van der Waals surface area contributed by atoms with Gasteiger partial charge in [-0.3, -0.25) is 4.79 Å². The highest BCUT2D eigenvalue weighted by Crippen LogP contribution is 2.36. The Balaban J connectivity index is 1.91. The van der Waals surface area contributed by atoms with Crippen molar-refractivity contribution in [3.05, 3.63) is 70.1 Å². The molecule has 0 fully saturated rings. The summed E-state index contributed by atoms with van der Waals surface area (Å²) in [6, 6.07) is 15.9. The van der Waals surface area contributed by atoms with Gasteiger partial charge in [0.15, 0.2) is 0 Å². The van der Waals surface area contributed by atoms with Crippen molar-refractivity contribution in [2.24, 2.45) is 0 Å². The molecule has 0 saturated heterocycles. The predicted molar refractivity (Wildman–Crippen MR) is 112 cm³/mol. The van der Waals surface area contributed by atoms with Gasteiger partial charge >= 0.3 is 5.97 Å². The van der Waals surface area contributed by atoms with Crippen LogP contribution in [0.1, 0.15) is 27.0 Å². The number of nitrogens with one attached hydrogen (secondary N) is 1. The Hall–Kier alpha value is -2.83. The number of ether oxygens (including phenoxy) is 2. The molecule has 3 aromatic rings. The fraction of sp³-hybridized carbons (Fsp3) is 0.143. The maximum absolute atomic E-state index is 12.6. The zero-order chi connectivity index (χ0) is 20.1. The third-order valence-corrected chi connectivity index (χ3v) is 5.29. The SMILES string of the molecule is CCOc1ccc(-c2cc(NC(=O)c3cccc(Cl)c3)c(C(=O)OC)s2)cc1. The number of benzene rings is 2. The van der Waals surface area contributed by atoms with E-state index < -0.39 is 5.97 Å². The minimum absolute atomic E-state index is 0.321. The number of carbonyl (C=O) groups excluding carboxylic acids is 2. The minimum Gasteiger partial charge on any atom is -0.494 e. The van der Waals surface area contributed by atoms with Crippen LogP contribution in [0.3, 0.4) is 0 Å². The second kappa shape index (κ2) is 8.91. The lowest BCUT2D eigenvalue weighted by molar-refractivity contribution is 0.0607. The molecule has 3 rings (SSSR count). The molecular weight excluding hydrogens is 398 g/mol. The zero-order valence-electron chi connectivity index (χ0n) is 15.3. The van der Waals surface area contributed by atoms with Crippen LogP contribution in [0, 0.1) is 0 Å². The summed E-state index contributed by atoms with van der Waals surface area (Å²) in [5, 5.41) is 3.24. The number of thiophene rings is 1. The molecule has 1 amide bonds. The number of halogens is 1. The summed E-state index contributed by atoms with van der Waals surface area (Å²) in [6.07, 6.45) is 0. The van der Waals surface area contributed by atoms with Crippen molar-refractivity contribution >= 4 is 40.5 Å². The summed E-state index contributed by atoms with van der Waals surface area (Å²) >= 11 is 7.20. The van der Waals surface area contributed by atoms with Gasteiger partial charge in [-0.15, -0.1) is 11.3 Å².